The minimum absolute atomic E-state index is 0.665. The molecule has 1 aromatic rings. The van der Waals surface area contributed by atoms with Gasteiger partial charge in [0.2, 0.25) is 0 Å². The van der Waals surface area contributed by atoms with Gasteiger partial charge in [0.05, 0.1) is 14.2 Å². The summed E-state index contributed by atoms with van der Waals surface area (Å²) in [6, 6.07) is 7.59. The number of hydrogen-bond donors (Lipinski definition) is 1. The second-order valence-electron chi connectivity index (χ2n) is 6.08. The van der Waals surface area contributed by atoms with Gasteiger partial charge in [0, 0.05) is 36.8 Å². The predicted molar refractivity (Wildman–Crippen MR) is 84.0 cm³/mol. The smallest absolute Gasteiger partial charge is 0.127 e. The molecule has 1 aliphatic heterocycles. The van der Waals surface area contributed by atoms with Crippen LogP contribution in [0.15, 0.2) is 18.2 Å². The van der Waals surface area contributed by atoms with Crippen LogP contribution in [0.5, 0.6) is 11.5 Å². The van der Waals surface area contributed by atoms with E-state index in [-0.39, 0.29) is 0 Å². The normalized spacial score (nSPS) is 22.3. The standard InChI is InChI=1S/C17H26N2O2/c1-20-16-8-5-13(17(10-16)21-2)12-19(14-6-7-14)15-4-3-9-18-11-15/h5,8,10,14-15,18H,3-4,6-7,9,11-12H2,1-2H3. The zero-order valence-electron chi connectivity index (χ0n) is 13.1. The highest BCUT2D eigenvalue weighted by atomic mass is 16.5. The zero-order chi connectivity index (χ0) is 14.7. The van der Waals surface area contributed by atoms with Crippen molar-refractivity contribution in [3.05, 3.63) is 23.8 Å². The minimum Gasteiger partial charge on any atom is -0.497 e. The lowest BCUT2D eigenvalue weighted by atomic mass is 10.0. The highest BCUT2D eigenvalue weighted by Gasteiger charge is 2.34. The van der Waals surface area contributed by atoms with Crippen molar-refractivity contribution < 1.29 is 9.47 Å². The van der Waals surface area contributed by atoms with E-state index in [1.165, 1.54) is 37.8 Å². The van der Waals surface area contributed by atoms with E-state index in [1.54, 1.807) is 14.2 Å². The Hall–Kier alpha value is -1.26. The Labute approximate surface area is 127 Å². The van der Waals surface area contributed by atoms with Crippen LogP contribution >= 0.6 is 0 Å². The number of nitrogens with zero attached hydrogens (tertiary/aromatic N) is 1. The van der Waals surface area contributed by atoms with Gasteiger partial charge in [-0.05, 0) is 38.3 Å². The summed E-state index contributed by atoms with van der Waals surface area (Å²) in [6.07, 6.45) is 5.28. The van der Waals surface area contributed by atoms with Gasteiger partial charge in [0.15, 0.2) is 0 Å². The molecule has 21 heavy (non-hydrogen) atoms. The second-order valence-corrected chi connectivity index (χ2v) is 6.08. The highest BCUT2D eigenvalue weighted by Crippen LogP contribution is 2.34. The minimum atomic E-state index is 0.665. The largest absolute Gasteiger partial charge is 0.497 e. The highest BCUT2D eigenvalue weighted by molar-refractivity contribution is 5.40. The molecule has 1 atom stereocenters. The quantitative estimate of drug-likeness (QED) is 0.872. The molecule has 1 saturated carbocycles. The van der Waals surface area contributed by atoms with Gasteiger partial charge in [-0.15, -0.1) is 0 Å². The molecule has 0 aromatic heterocycles. The van der Waals surface area contributed by atoms with Crippen molar-refractivity contribution in [3.63, 3.8) is 0 Å². The Morgan fingerprint density at radius 3 is 2.62 bits per heavy atom. The van der Waals surface area contributed by atoms with Crippen molar-refractivity contribution in [2.45, 2.75) is 44.3 Å². The van der Waals surface area contributed by atoms with E-state index in [0.29, 0.717) is 6.04 Å². The summed E-state index contributed by atoms with van der Waals surface area (Å²) in [7, 11) is 3.43. The summed E-state index contributed by atoms with van der Waals surface area (Å²) in [6.45, 7) is 3.26. The second kappa shape index (κ2) is 6.67. The van der Waals surface area contributed by atoms with Crippen molar-refractivity contribution in [1.82, 2.24) is 10.2 Å². The molecule has 4 heteroatoms. The molecule has 1 N–H and O–H groups in total. The van der Waals surface area contributed by atoms with Crippen molar-refractivity contribution in [1.29, 1.82) is 0 Å². The first-order chi connectivity index (χ1) is 10.3. The average molecular weight is 290 g/mol. The van der Waals surface area contributed by atoms with Crippen LogP contribution < -0.4 is 14.8 Å². The molecule has 0 radical (unpaired) electrons. The summed E-state index contributed by atoms with van der Waals surface area (Å²) in [4.78, 5) is 2.68. The number of hydrogen-bond acceptors (Lipinski definition) is 4. The van der Waals surface area contributed by atoms with E-state index >= 15 is 0 Å². The Morgan fingerprint density at radius 1 is 1.14 bits per heavy atom. The van der Waals surface area contributed by atoms with Crippen LogP contribution in [0.3, 0.4) is 0 Å². The van der Waals surface area contributed by atoms with E-state index in [4.69, 9.17) is 9.47 Å². The first-order valence-electron chi connectivity index (χ1n) is 7.99. The lowest BCUT2D eigenvalue weighted by Gasteiger charge is -2.35. The zero-order valence-corrected chi connectivity index (χ0v) is 13.1. The maximum atomic E-state index is 5.55. The number of ether oxygens (including phenoxy) is 2. The van der Waals surface area contributed by atoms with Gasteiger partial charge in [-0.3, -0.25) is 4.90 Å². The number of rotatable bonds is 6. The van der Waals surface area contributed by atoms with Crippen LogP contribution in [-0.4, -0.2) is 44.3 Å². The molecule has 0 spiro atoms. The lowest BCUT2D eigenvalue weighted by Crippen LogP contribution is -2.46. The summed E-state index contributed by atoms with van der Waals surface area (Å²) in [5.41, 5.74) is 1.26. The fraction of sp³-hybridized carbons (Fsp3) is 0.647. The molecular formula is C17H26N2O2. The van der Waals surface area contributed by atoms with E-state index in [2.05, 4.69) is 16.3 Å². The summed E-state index contributed by atoms with van der Waals surface area (Å²) in [5.74, 6) is 1.79. The van der Waals surface area contributed by atoms with E-state index < -0.39 is 0 Å². The SMILES string of the molecule is COc1ccc(CN(C2CC2)C2CCCNC2)c(OC)c1. The molecule has 1 aromatic carbocycles. The van der Waals surface area contributed by atoms with Crippen LogP contribution in [0, 0.1) is 0 Å². The Bertz CT molecular complexity index is 468. The molecule has 1 saturated heterocycles. The fourth-order valence-corrected chi connectivity index (χ4v) is 3.26. The number of methoxy groups -OCH3 is 2. The molecule has 116 valence electrons. The van der Waals surface area contributed by atoms with Crippen LogP contribution in [0.4, 0.5) is 0 Å². The molecule has 0 amide bonds. The van der Waals surface area contributed by atoms with Crippen LogP contribution in [-0.2, 0) is 6.54 Å². The molecule has 0 bridgehead atoms. The Morgan fingerprint density at radius 2 is 2.00 bits per heavy atom. The maximum Gasteiger partial charge on any atom is 0.127 e. The van der Waals surface area contributed by atoms with Gasteiger partial charge >= 0.3 is 0 Å². The van der Waals surface area contributed by atoms with Crippen LogP contribution in [0.1, 0.15) is 31.2 Å². The first-order valence-corrected chi connectivity index (χ1v) is 7.99. The molecule has 1 heterocycles. The van der Waals surface area contributed by atoms with E-state index in [0.717, 1.165) is 30.6 Å². The predicted octanol–water partition coefficient (Wildman–Crippen LogP) is 2.42. The third-order valence-corrected chi connectivity index (χ3v) is 4.60. The Kier molecular flexibility index (Phi) is 4.66. The van der Waals surface area contributed by atoms with Crippen molar-refractivity contribution >= 4 is 0 Å². The third-order valence-electron chi connectivity index (χ3n) is 4.60. The molecular weight excluding hydrogens is 264 g/mol. The molecule has 2 fully saturated rings. The summed E-state index contributed by atoms with van der Waals surface area (Å²) >= 11 is 0. The van der Waals surface area contributed by atoms with Crippen molar-refractivity contribution in [3.8, 4) is 11.5 Å². The van der Waals surface area contributed by atoms with E-state index in [9.17, 15) is 0 Å². The number of benzene rings is 1. The topological polar surface area (TPSA) is 33.7 Å². The van der Waals surface area contributed by atoms with Crippen molar-refractivity contribution in [2.24, 2.45) is 0 Å². The van der Waals surface area contributed by atoms with Gasteiger partial charge in [-0.1, -0.05) is 6.07 Å². The lowest BCUT2D eigenvalue weighted by molar-refractivity contribution is 0.147. The van der Waals surface area contributed by atoms with Crippen molar-refractivity contribution in [2.75, 3.05) is 27.3 Å². The van der Waals surface area contributed by atoms with Gasteiger partial charge in [0.1, 0.15) is 11.5 Å². The third kappa shape index (κ3) is 3.50. The van der Waals surface area contributed by atoms with Crippen LogP contribution in [0.25, 0.3) is 0 Å². The summed E-state index contributed by atoms with van der Waals surface area (Å²) < 4.78 is 10.8. The van der Waals surface area contributed by atoms with Gasteiger partial charge in [0.25, 0.3) is 0 Å². The molecule has 3 rings (SSSR count). The molecule has 1 unspecified atom stereocenters. The first kappa shape index (κ1) is 14.7. The molecule has 4 nitrogen and oxygen atoms in total. The maximum absolute atomic E-state index is 5.55. The van der Waals surface area contributed by atoms with Gasteiger partial charge < -0.3 is 14.8 Å². The van der Waals surface area contributed by atoms with Gasteiger partial charge in [-0.2, -0.15) is 0 Å². The fourth-order valence-electron chi connectivity index (χ4n) is 3.26. The molecule has 1 aliphatic carbocycles. The van der Waals surface area contributed by atoms with Gasteiger partial charge in [-0.25, -0.2) is 0 Å². The summed E-state index contributed by atoms with van der Waals surface area (Å²) in [5, 5.41) is 3.54. The van der Waals surface area contributed by atoms with E-state index in [1.807, 2.05) is 12.1 Å². The number of piperidine rings is 1. The molecule has 2 aliphatic rings. The Balaban J connectivity index is 1.75. The monoisotopic (exact) mass is 290 g/mol. The average Bonchev–Trinajstić information content (AvgIpc) is 3.38. The van der Waals surface area contributed by atoms with Crippen LogP contribution in [0.2, 0.25) is 0 Å². The number of nitrogens with one attached hydrogen (secondary N) is 1.